The minimum atomic E-state index is -0.153. The lowest BCUT2D eigenvalue weighted by Gasteiger charge is -2.17. The number of rotatable bonds is 9. The second-order valence-electron chi connectivity index (χ2n) is 8.65. The zero-order valence-corrected chi connectivity index (χ0v) is 22.8. The molecule has 0 aliphatic heterocycles. The number of hydrogen-bond acceptors (Lipinski definition) is 5. The summed E-state index contributed by atoms with van der Waals surface area (Å²) >= 11 is 13.9. The van der Waals surface area contributed by atoms with Crippen molar-refractivity contribution >= 4 is 40.4 Å². The number of aromatic nitrogens is 3. The smallest absolute Gasteiger partial charge is 0.261 e. The molecule has 192 valence electrons. The number of methoxy groups -OCH3 is 1. The van der Waals surface area contributed by atoms with Crippen LogP contribution in [0.25, 0.3) is 27.5 Å². The quantitative estimate of drug-likeness (QED) is 0.211. The molecule has 1 amide bonds. The zero-order valence-electron chi connectivity index (χ0n) is 20.5. The van der Waals surface area contributed by atoms with Crippen LogP contribution in [0.3, 0.4) is 0 Å². The summed E-state index contributed by atoms with van der Waals surface area (Å²) < 4.78 is 7.17. The minimum absolute atomic E-state index is 0.146. The van der Waals surface area contributed by atoms with E-state index in [1.54, 1.807) is 36.3 Å². The molecule has 9 heteroatoms. The Morgan fingerprint density at radius 3 is 2.61 bits per heavy atom. The van der Waals surface area contributed by atoms with E-state index in [-0.39, 0.29) is 11.9 Å². The fourth-order valence-electron chi connectivity index (χ4n) is 4.13. The molecule has 1 atom stereocenters. The first-order valence-corrected chi connectivity index (χ1v) is 13.5. The van der Waals surface area contributed by atoms with E-state index in [1.165, 1.54) is 11.3 Å². The number of hydrogen-bond donors (Lipinski definition) is 1. The van der Waals surface area contributed by atoms with Gasteiger partial charge in [0.15, 0.2) is 0 Å². The molecule has 0 fully saturated rings. The van der Waals surface area contributed by atoms with E-state index in [0.29, 0.717) is 28.0 Å². The molecular weight excluding hydrogens is 539 g/mol. The maximum Gasteiger partial charge on any atom is 0.261 e. The molecule has 0 aliphatic carbocycles. The summed E-state index contributed by atoms with van der Waals surface area (Å²) in [6.45, 7) is 0.414. The number of benzene rings is 2. The highest BCUT2D eigenvalue weighted by Crippen LogP contribution is 2.34. The number of carbonyl (C=O) groups is 1. The molecule has 1 N–H and O–H groups in total. The zero-order chi connectivity index (χ0) is 26.5. The van der Waals surface area contributed by atoms with Crippen LogP contribution >= 0.6 is 34.5 Å². The average molecular weight is 564 g/mol. The number of carbonyl (C=O) groups excluding carboxylic acids is 1. The summed E-state index contributed by atoms with van der Waals surface area (Å²) in [6, 6.07) is 24.8. The van der Waals surface area contributed by atoms with Gasteiger partial charge in [0.1, 0.15) is 0 Å². The van der Waals surface area contributed by atoms with Gasteiger partial charge in [0.05, 0.1) is 49.5 Å². The first-order valence-electron chi connectivity index (χ1n) is 11.9. The predicted octanol–water partition coefficient (Wildman–Crippen LogP) is 6.96. The maximum absolute atomic E-state index is 13.2. The topological polar surface area (TPSA) is 69.0 Å². The largest absolute Gasteiger partial charge is 0.383 e. The van der Waals surface area contributed by atoms with Crippen molar-refractivity contribution in [2.45, 2.75) is 12.5 Å². The van der Waals surface area contributed by atoms with E-state index < -0.39 is 0 Å². The van der Waals surface area contributed by atoms with Crippen LogP contribution in [0.5, 0.6) is 0 Å². The molecule has 0 unspecified atom stereocenters. The molecule has 3 aromatic heterocycles. The molecule has 0 bridgehead atoms. The summed E-state index contributed by atoms with van der Waals surface area (Å²) in [4.78, 5) is 18.9. The second-order valence-corrected chi connectivity index (χ2v) is 10.5. The van der Waals surface area contributed by atoms with E-state index in [1.807, 2.05) is 66.7 Å². The minimum Gasteiger partial charge on any atom is -0.383 e. The van der Waals surface area contributed by atoms with Crippen molar-refractivity contribution in [3.63, 3.8) is 0 Å². The van der Waals surface area contributed by atoms with Crippen LogP contribution in [0, 0.1) is 0 Å². The van der Waals surface area contributed by atoms with Gasteiger partial charge in [-0.25, -0.2) is 4.68 Å². The van der Waals surface area contributed by atoms with Gasteiger partial charge in [-0.15, -0.1) is 11.3 Å². The fourth-order valence-corrected chi connectivity index (χ4v) is 5.33. The Morgan fingerprint density at radius 1 is 1.03 bits per heavy atom. The summed E-state index contributed by atoms with van der Waals surface area (Å²) in [5.41, 5.74) is 4.35. The van der Waals surface area contributed by atoms with Crippen LogP contribution in [0.1, 0.15) is 15.2 Å². The van der Waals surface area contributed by atoms with E-state index in [2.05, 4.69) is 10.3 Å². The molecule has 6 nitrogen and oxygen atoms in total. The third-order valence-corrected chi connectivity index (χ3v) is 7.77. The number of ether oxygens (including phenoxy) is 1. The normalized spacial score (nSPS) is 11.9. The van der Waals surface area contributed by atoms with Crippen molar-refractivity contribution in [3.8, 4) is 27.5 Å². The third-order valence-electron chi connectivity index (χ3n) is 5.92. The Morgan fingerprint density at radius 2 is 1.87 bits per heavy atom. The van der Waals surface area contributed by atoms with Crippen molar-refractivity contribution in [3.05, 3.63) is 112 Å². The van der Waals surface area contributed by atoms with Gasteiger partial charge >= 0.3 is 0 Å². The van der Waals surface area contributed by atoms with Gasteiger partial charge in [0, 0.05) is 25.1 Å². The van der Waals surface area contributed by atoms with E-state index in [4.69, 9.17) is 33.0 Å². The summed E-state index contributed by atoms with van der Waals surface area (Å²) in [5, 5.41) is 8.86. The Kier molecular flexibility index (Phi) is 8.20. The van der Waals surface area contributed by atoms with Crippen LogP contribution in [0.2, 0.25) is 10.0 Å². The van der Waals surface area contributed by atoms with Gasteiger partial charge in [0.2, 0.25) is 0 Å². The molecular formula is C29H24Cl2N4O2S. The number of nitrogens with one attached hydrogen (secondary N) is 1. The summed E-state index contributed by atoms with van der Waals surface area (Å²) in [7, 11) is 1.64. The Labute approximate surface area is 234 Å². The van der Waals surface area contributed by atoms with Gasteiger partial charge in [-0.1, -0.05) is 53.5 Å². The number of amides is 1. The molecule has 5 rings (SSSR count). The van der Waals surface area contributed by atoms with Crippen molar-refractivity contribution < 1.29 is 9.53 Å². The molecule has 5 aromatic rings. The summed E-state index contributed by atoms with van der Waals surface area (Å²) in [5.74, 6) is -0.146. The maximum atomic E-state index is 13.2. The van der Waals surface area contributed by atoms with Crippen LogP contribution in [0.4, 0.5) is 0 Å². The number of pyridine rings is 1. The first-order chi connectivity index (χ1) is 18.5. The Balaban J connectivity index is 1.45. The number of nitrogens with zero attached hydrogens (tertiary/aromatic N) is 3. The van der Waals surface area contributed by atoms with Crippen LogP contribution in [0.15, 0.2) is 91.3 Å². The predicted molar refractivity (Wildman–Crippen MR) is 153 cm³/mol. The highest BCUT2D eigenvalue weighted by atomic mass is 35.5. The molecule has 3 heterocycles. The van der Waals surface area contributed by atoms with Crippen molar-refractivity contribution in [2.24, 2.45) is 0 Å². The molecule has 0 saturated heterocycles. The van der Waals surface area contributed by atoms with Gasteiger partial charge in [0.25, 0.3) is 5.91 Å². The lowest BCUT2D eigenvalue weighted by Crippen LogP contribution is -2.39. The standard InChI is InChI=1S/C29H24Cl2N4O2S/c1-37-18-21(14-19-6-3-2-4-7-19)33-29(36)28-12-11-27(38-28)26-16-25(20-8-5-13-32-17-20)34-35(26)22-9-10-23(30)24(31)15-22/h2-13,15-17,21H,14,18H2,1H3,(H,33,36)/t21-/m0/s1. The van der Waals surface area contributed by atoms with Crippen LogP contribution in [-0.4, -0.2) is 40.4 Å². The van der Waals surface area contributed by atoms with E-state index >= 15 is 0 Å². The second kappa shape index (κ2) is 11.9. The molecule has 0 radical (unpaired) electrons. The van der Waals surface area contributed by atoms with Gasteiger partial charge in [-0.2, -0.15) is 5.10 Å². The highest BCUT2D eigenvalue weighted by Gasteiger charge is 2.20. The fraction of sp³-hybridized carbons (Fsp3) is 0.138. The molecule has 0 saturated carbocycles. The van der Waals surface area contributed by atoms with Crippen molar-refractivity contribution in [2.75, 3.05) is 13.7 Å². The van der Waals surface area contributed by atoms with E-state index in [9.17, 15) is 4.79 Å². The lowest BCUT2D eigenvalue weighted by molar-refractivity contribution is 0.0901. The SMILES string of the molecule is COC[C@H](Cc1ccccc1)NC(=O)c1ccc(-c2cc(-c3cccnc3)nn2-c2ccc(Cl)c(Cl)c2)s1. The van der Waals surface area contributed by atoms with Crippen molar-refractivity contribution in [1.29, 1.82) is 0 Å². The highest BCUT2D eigenvalue weighted by molar-refractivity contribution is 7.17. The third kappa shape index (κ3) is 5.97. The van der Waals surface area contributed by atoms with Crippen LogP contribution < -0.4 is 5.32 Å². The van der Waals surface area contributed by atoms with Gasteiger partial charge < -0.3 is 10.1 Å². The number of thiophene rings is 1. The Bertz CT molecular complexity index is 1540. The number of halogens is 2. The van der Waals surface area contributed by atoms with Crippen molar-refractivity contribution in [1.82, 2.24) is 20.1 Å². The van der Waals surface area contributed by atoms with E-state index in [0.717, 1.165) is 33.1 Å². The lowest BCUT2D eigenvalue weighted by atomic mass is 10.1. The molecule has 38 heavy (non-hydrogen) atoms. The molecule has 0 aliphatic rings. The first kappa shape index (κ1) is 26.1. The monoisotopic (exact) mass is 562 g/mol. The molecule has 0 spiro atoms. The average Bonchev–Trinajstić information content (AvgIpc) is 3.60. The molecule has 2 aromatic carbocycles. The Hall–Kier alpha value is -3.49. The summed E-state index contributed by atoms with van der Waals surface area (Å²) in [6.07, 6.45) is 4.16. The van der Waals surface area contributed by atoms with Crippen LogP contribution in [-0.2, 0) is 11.2 Å². The van der Waals surface area contributed by atoms with Gasteiger partial charge in [-0.05, 0) is 60.5 Å². The van der Waals surface area contributed by atoms with Gasteiger partial charge in [-0.3, -0.25) is 9.78 Å².